The Kier molecular flexibility index (Phi) is 5.66. The molecule has 2 aromatic carbocycles. The summed E-state index contributed by atoms with van der Waals surface area (Å²) >= 11 is 0. The number of carbonyl (C=O) groups is 1. The number of amides is 1. The van der Waals surface area contributed by atoms with Gasteiger partial charge in [0.25, 0.3) is 5.91 Å². The van der Waals surface area contributed by atoms with Crippen LogP contribution in [0.4, 0.5) is 10.1 Å². The lowest BCUT2D eigenvalue weighted by atomic mass is 10.2. The van der Waals surface area contributed by atoms with E-state index in [2.05, 4.69) is 5.32 Å². The number of benzene rings is 2. The van der Waals surface area contributed by atoms with Gasteiger partial charge < -0.3 is 10.2 Å². The number of rotatable bonds is 6. The molecule has 2 aromatic rings. The van der Waals surface area contributed by atoms with E-state index < -0.39 is 10.0 Å². The summed E-state index contributed by atoms with van der Waals surface area (Å²) in [5.41, 5.74) is 0.865. The molecule has 0 saturated heterocycles. The maximum atomic E-state index is 13.6. The number of hydrogen-bond donors (Lipinski definition) is 3. The highest BCUT2D eigenvalue weighted by Crippen LogP contribution is 2.13. The van der Waals surface area contributed by atoms with Crippen LogP contribution in [0.5, 0.6) is 0 Å². The first-order valence-electron chi connectivity index (χ1n) is 7.23. The molecule has 0 saturated carbocycles. The zero-order valence-corrected chi connectivity index (χ0v) is 13.9. The Morgan fingerprint density at radius 2 is 1.92 bits per heavy atom. The van der Waals surface area contributed by atoms with Crippen LogP contribution >= 0.6 is 0 Å². The molecule has 0 aromatic heterocycles. The molecular weight excluding hydrogens is 333 g/mol. The summed E-state index contributed by atoms with van der Waals surface area (Å²) in [6.07, 6.45) is 0. The minimum Gasteiger partial charge on any atom is -0.326 e. The van der Waals surface area contributed by atoms with Crippen LogP contribution in [0.3, 0.4) is 0 Å². The van der Waals surface area contributed by atoms with Gasteiger partial charge in [-0.25, -0.2) is 17.9 Å². The number of quaternary nitrogens is 1. The normalized spacial score (nSPS) is 12.6. The van der Waals surface area contributed by atoms with E-state index in [0.717, 1.165) is 4.90 Å². The van der Waals surface area contributed by atoms with Crippen molar-refractivity contribution in [1.29, 1.82) is 0 Å². The van der Waals surface area contributed by atoms with Crippen LogP contribution in [-0.4, -0.2) is 27.9 Å². The second kappa shape index (κ2) is 7.52. The Labute approximate surface area is 140 Å². The van der Waals surface area contributed by atoms with Gasteiger partial charge in [-0.05, 0) is 24.3 Å². The van der Waals surface area contributed by atoms with E-state index in [-0.39, 0.29) is 23.2 Å². The summed E-state index contributed by atoms with van der Waals surface area (Å²) in [6, 6.07) is 12.1. The van der Waals surface area contributed by atoms with Crippen molar-refractivity contribution in [2.45, 2.75) is 11.4 Å². The Hall–Kier alpha value is -2.29. The van der Waals surface area contributed by atoms with Crippen molar-refractivity contribution in [1.82, 2.24) is 0 Å². The molecule has 4 N–H and O–H groups in total. The molecule has 0 radical (unpaired) electrons. The number of likely N-dealkylation sites (N-methyl/N-ethyl adjacent to an activating group) is 1. The Morgan fingerprint density at radius 1 is 1.21 bits per heavy atom. The van der Waals surface area contributed by atoms with Crippen molar-refractivity contribution in [2.75, 3.05) is 18.9 Å². The van der Waals surface area contributed by atoms with E-state index in [1.54, 1.807) is 31.3 Å². The quantitative estimate of drug-likeness (QED) is 0.690. The zero-order valence-electron chi connectivity index (χ0n) is 13.1. The van der Waals surface area contributed by atoms with Crippen molar-refractivity contribution in [2.24, 2.45) is 5.14 Å². The summed E-state index contributed by atoms with van der Waals surface area (Å²) in [5, 5.41) is 7.67. The van der Waals surface area contributed by atoms with E-state index in [4.69, 9.17) is 5.14 Å². The molecule has 1 atom stereocenters. The second-order valence-electron chi connectivity index (χ2n) is 5.52. The minimum atomic E-state index is -3.83. The summed E-state index contributed by atoms with van der Waals surface area (Å²) in [6.45, 7) is 0.464. The lowest BCUT2D eigenvalue weighted by Gasteiger charge is -2.14. The van der Waals surface area contributed by atoms with E-state index in [1.165, 1.54) is 24.3 Å². The highest BCUT2D eigenvalue weighted by Gasteiger charge is 2.14. The third-order valence-electron chi connectivity index (χ3n) is 3.36. The number of sulfonamides is 1. The van der Waals surface area contributed by atoms with Gasteiger partial charge in [0.1, 0.15) is 12.4 Å². The number of carbonyl (C=O) groups excluding carboxylic acids is 1. The van der Waals surface area contributed by atoms with Gasteiger partial charge in [-0.3, -0.25) is 4.79 Å². The second-order valence-corrected chi connectivity index (χ2v) is 7.08. The molecule has 2 rings (SSSR count). The topological polar surface area (TPSA) is 93.7 Å². The molecule has 0 aliphatic rings. The Balaban J connectivity index is 1.97. The maximum Gasteiger partial charge on any atom is 0.279 e. The van der Waals surface area contributed by atoms with Gasteiger partial charge in [-0.1, -0.05) is 24.3 Å². The molecule has 0 bridgehead atoms. The molecule has 0 fully saturated rings. The summed E-state index contributed by atoms with van der Waals surface area (Å²) < 4.78 is 36.2. The number of halogens is 1. The number of nitrogens with one attached hydrogen (secondary N) is 2. The highest BCUT2D eigenvalue weighted by atomic mass is 32.2. The predicted molar refractivity (Wildman–Crippen MR) is 88.3 cm³/mol. The van der Waals surface area contributed by atoms with Gasteiger partial charge in [-0.2, -0.15) is 0 Å². The SMILES string of the molecule is C[NH+](CC(=O)Nc1cccc(S(N)(=O)=O)c1)Cc1ccccc1F. The molecule has 0 aliphatic carbocycles. The fourth-order valence-electron chi connectivity index (χ4n) is 2.26. The van der Waals surface area contributed by atoms with Crippen LogP contribution in [0.2, 0.25) is 0 Å². The van der Waals surface area contributed by atoms with Crippen molar-refractivity contribution in [3.8, 4) is 0 Å². The molecule has 6 nitrogen and oxygen atoms in total. The first kappa shape index (κ1) is 18.1. The lowest BCUT2D eigenvalue weighted by Crippen LogP contribution is -3.08. The van der Waals surface area contributed by atoms with E-state index in [0.29, 0.717) is 17.8 Å². The Bertz CT molecular complexity index is 840. The molecule has 0 aliphatic heterocycles. The van der Waals surface area contributed by atoms with Gasteiger partial charge >= 0.3 is 0 Å². The largest absolute Gasteiger partial charge is 0.326 e. The molecular formula is C16H19FN3O3S+. The highest BCUT2D eigenvalue weighted by molar-refractivity contribution is 7.89. The van der Waals surface area contributed by atoms with Gasteiger partial charge in [0.2, 0.25) is 10.0 Å². The van der Waals surface area contributed by atoms with Crippen LogP contribution in [0, 0.1) is 5.82 Å². The summed E-state index contributed by atoms with van der Waals surface area (Å²) in [7, 11) is -2.06. The molecule has 1 amide bonds. The molecule has 1 unspecified atom stereocenters. The summed E-state index contributed by atoms with van der Waals surface area (Å²) in [5.74, 6) is -0.617. The average Bonchev–Trinajstić information content (AvgIpc) is 2.49. The molecule has 0 heterocycles. The predicted octanol–water partition coefficient (Wildman–Crippen LogP) is 0.127. The average molecular weight is 352 g/mol. The smallest absolute Gasteiger partial charge is 0.279 e. The number of anilines is 1. The van der Waals surface area contributed by atoms with Crippen molar-refractivity contribution >= 4 is 21.6 Å². The molecule has 128 valence electrons. The van der Waals surface area contributed by atoms with E-state index in [9.17, 15) is 17.6 Å². The summed E-state index contributed by atoms with van der Waals surface area (Å²) in [4.78, 5) is 12.8. The van der Waals surface area contributed by atoms with Crippen LogP contribution in [0.15, 0.2) is 53.4 Å². The first-order chi connectivity index (χ1) is 11.3. The molecule has 0 spiro atoms. The Morgan fingerprint density at radius 3 is 2.58 bits per heavy atom. The number of nitrogens with two attached hydrogens (primary N) is 1. The van der Waals surface area contributed by atoms with Gasteiger partial charge in [0.15, 0.2) is 6.54 Å². The van der Waals surface area contributed by atoms with E-state index in [1.807, 2.05) is 0 Å². The molecule has 8 heteroatoms. The number of hydrogen-bond acceptors (Lipinski definition) is 3. The van der Waals surface area contributed by atoms with Gasteiger partial charge in [-0.15, -0.1) is 0 Å². The van der Waals surface area contributed by atoms with Crippen molar-refractivity contribution in [3.05, 3.63) is 59.9 Å². The third kappa shape index (κ3) is 5.12. The first-order valence-corrected chi connectivity index (χ1v) is 8.78. The van der Waals surface area contributed by atoms with Crippen LogP contribution in [0.25, 0.3) is 0 Å². The standard InChI is InChI=1S/C16H18FN3O3S/c1-20(10-12-5-2-3-8-15(12)17)11-16(21)19-13-6-4-7-14(9-13)24(18,22)23/h2-9H,10-11H2,1H3,(H,19,21)(H2,18,22,23)/p+1. The van der Waals surface area contributed by atoms with Crippen molar-refractivity contribution in [3.63, 3.8) is 0 Å². The van der Waals surface area contributed by atoms with Gasteiger partial charge in [0, 0.05) is 11.3 Å². The lowest BCUT2D eigenvalue weighted by molar-refractivity contribution is -0.885. The van der Waals surface area contributed by atoms with Crippen molar-refractivity contribution < 1.29 is 22.5 Å². The monoisotopic (exact) mass is 352 g/mol. The fourth-order valence-corrected chi connectivity index (χ4v) is 2.82. The number of primary sulfonamides is 1. The fraction of sp³-hybridized carbons (Fsp3) is 0.188. The zero-order chi connectivity index (χ0) is 17.7. The minimum absolute atomic E-state index is 0.0765. The third-order valence-corrected chi connectivity index (χ3v) is 4.27. The van der Waals surface area contributed by atoms with Gasteiger partial charge in [0.05, 0.1) is 11.9 Å². The van der Waals surface area contributed by atoms with E-state index >= 15 is 0 Å². The molecule has 24 heavy (non-hydrogen) atoms. The van der Waals surface area contributed by atoms with Crippen LogP contribution in [0.1, 0.15) is 5.56 Å². The van der Waals surface area contributed by atoms with Crippen LogP contribution < -0.4 is 15.4 Å². The van der Waals surface area contributed by atoms with Crippen LogP contribution in [-0.2, 0) is 21.4 Å². The maximum absolute atomic E-state index is 13.6.